The molecule has 1 heterocycles. The summed E-state index contributed by atoms with van der Waals surface area (Å²) in [5, 5.41) is 0. The van der Waals surface area contributed by atoms with Crippen molar-refractivity contribution in [2.45, 2.75) is 25.0 Å². The van der Waals surface area contributed by atoms with Gasteiger partial charge in [-0.1, -0.05) is 15.9 Å². The number of hydrogen-bond acceptors (Lipinski definition) is 4. The van der Waals surface area contributed by atoms with Crippen molar-refractivity contribution < 1.29 is 14.3 Å². The van der Waals surface area contributed by atoms with Crippen molar-refractivity contribution in [3.05, 3.63) is 28.7 Å². The summed E-state index contributed by atoms with van der Waals surface area (Å²) in [6.45, 7) is 1.46. The summed E-state index contributed by atoms with van der Waals surface area (Å²) < 4.78 is 12.2. The Balaban J connectivity index is 1.72. The maximum absolute atomic E-state index is 12.2. The quantitative estimate of drug-likeness (QED) is 0.843. The number of ether oxygens (including phenoxy) is 2. The highest BCUT2D eigenvalue weighted by atomic mass is 79.9. The van der Waals surface area contributed by atoms with Gasteiger partial charge in [-0.15, -0.1) is 0 Å². The van der Waals surface area contributed by atoms with Gasteiger partial charge >= 0.3 is 0 Å². The molecular weight excluding hydrogens is 336 g/mol. The first-order valence-corrected chi connectivity index (χ1v) is 7.88. The van der Waals surface area contributed by atoms with Crippen LogP contribution in [-0.4, -0.2) is 49.8 Å². The number of halogens is 1. The van der Waals surface area contributed by atoms with E-state index in [0.29, 0.717) is 19.7 Å². The average Bonchev–Trinajstić information content (AvgIpc) is 2.97. The maximum atomic E-state index is 12.2. The molecule has 0 saturated carbocycles. The summed E-state index contributed by atoms with van der Waals surface area (Å²) in [6, 6.07) is 7.61. The molecule has 1 aliphatic rings. The molecule has 2 N–H and O–H groups in total. The van der Waals surface area contributed by atoms with Crippen LogP contribution < -0.4 is 10.5 Å². The minimum Gasteiger partial charge on any atom is -0.492 e. The first kappa shape index (κ1) is 16.3. The van der Waals surface area contributed by atoms with Crippen molar-refractivity contribution in [2.75, 3.05) is 26.7 Å². The van der Waals surface area contributed by atoms with Gasteiger partial charge in [-0.05, 0) is 37.1 Å². The average molecular weight is 357 g/mol. The number of carbonyl (C=O) groups excluding carboxylic acids is 1. The van der Waals surface area contributed by atoms with E-state index in [9.17, 15) is 4.79 Å². The monoisotopic (exact) mass is 356 g/mol. The molecule has 1 fully saturated rings. The molecule has 0 aliphatic carbocycles. The number of amides is 1. The highest BCUT2D eigenvalue weighted by molar-refractivity contribution is 9.10. The van der Waals surface area contributed by atoms with Crippen LogP contribution in [0.1, 0.15) is 12.8 Å². The molecule has 0 spiro atoms. The zero-order valence-electron chi connectivity index (χ0n) is 12.1. The van der Waals surface area contributed by atoms with Gasteiger partial charge < -0.3 is 20.1 Å². The maximum Gasteiger partial charge on any atom is 0.251 e. The number of hydrogen-bond donors (Lipinski definition) is 1. The van der Waals surface area contributed by atoms with Gasteiger partial charge in [0.25, 0.3) is 5.91 Å². The van der Waals surface area contributed by atoms with E-state index >= 15 is 0 Å². The van der Waals surface area contributed by atoms with E-state index in [1.807, 2.05) is 24.3 Å². The molecule has 2 atom stereocenters. The molecule has 0 aromatic heterocycles. The Kier molecular flexibility index (Phi) is 6.02. The van der Waals surface area contributed by atoms with Gasteiger partial charge in [0.05, 0.1) is 12.6 Å². The fourth-order valence-electron chi connectivity index (χ4n) is 2.25. The second-order valence-corrected chi connectivity index (χ2v) is 6.04. The fourth-order valence-corrected chi connectivity index (χ4v) is 2.51. The molecule has 0 bridgehead atoms. The van der Waals surface area contributed by atoms with Gasteiger partial charge in [0, 0.05) is 18.1 Å². The Morgan fingerprint density at radius 2 is 2.14 bits per heavy atom. The molecule has 1 amide bonds. The van der Waals surface area contributed by atoms with Crippen LogP contribution in [0.5, 0.6) is 5.75 Å². The van der Waals surface area contributed by atoms with Crippen molar-refractivity contribution in [2.24, 2.45) is 5.73 Å². The van der Waals surface area contributed by atoms with Gasteiger partial charge in [-0.25, -0.2) is 0 Å². The molecule has 5 nitrogen and oxygen atoms in total. The van der Waals surface area contributed by atoms with Gasteiger partial charge in [0.1, 0.15) is 18.5 Å². The fraction of sp³-hybridized carbons (Fsp3) is 0.533. The molecule has 21 heavy (non-hydrogen) atoms. The van der Waals surface area contributed by atoms with E-state index in [0.717, 1.165) is 23.1 Å². The Labute approximate surface area is 133 Å². The lowest BCUT2D eigenvalue weighted by Crippen LogP contribution is -2.39. The van der Waals surface area contributed by atoms with Crippen LogP contribution in [0.3, 0.4) is 0 Å². The van der Waals surface area contributed by atoms with Crippen molar-refractivity contribution in [3.63, 3.8) is 0 Å². The van der Waals surface area contributed by atoms with Crippen molar-refractivity contribution in [1.29, 1.82) is 0 Å². The second-order valence-electron chi connectivity index (χ2n) is 5.12. The van der Waals surface area contributed by atoms with Crippen molar-refractivity contribution >= 4 is 21.8 Å². The Morgan fingerprint density at radius 3 is 2.76 bits per heavy atom. The van der Waals surface area contributed by atoms with Crippen LogP contribution in [-0.2, 0) is 9.53 Å². The molecule has 2 rings (SSSR count). The van der Waals surface area contributed by atoms with Crippen LogP contribution in [0.25, 0.3) is 0 Å². The SMILES string of the molecule is CN(CCOc1ccc(Br)cc1)C(=O)C1CCC(CN)O1. The summed E-state index contributed by atoms with van der Waals surface area (Å²) >= 11 is 3.37. The Hall–Kier alpha value is -1.11. The normalized spacial score (nSPS) is 21.3. The predicted molar refractivity (Wildman–Crippen MR) is 84.2 cm³/mol. The standard InChI is InChI=1S/C15H21BrN2O3/c1-18(15(19)14-7-6-13(10-17)21-14)8-9-20-12-4-2-11(16)3-5-12/h2-5,13-14H,6-10,17H2,1H3. The molecular formula is C15H21BrN2O3. The molecule has 0 radical (unpaired) electrons. The summed E-state index contributed by atoms with van der Waals surface area (Å²) in [5.41, 5.74) is 5.55. The lowest BCUT2D eigenvalue weighted by Gasteiger charge is -2.21. The van der Waals surface area contributed by atoms with Gasteiger partial charge in [0.15, 0.2) is 0 Å². The summed E-state index contributed by atoms with van der Waals surface area (Å²) in [4.78, 5) is 13.8. The van der Waals surface area contributed by atoms with Crippen LogP contribution in [0, 0.1) is 0 Å². The summed E-state index contributed by atoms with van der Waals surface area (Å²) in [6.07, 6.45) is 1.27. The van der Waals surface area contributed by atoms with E-state index in [1.54, 1.807) is 11.9 Å². The zero-order valence-corrected chi connectivity index (χ0v) is 13.7. The largest absolute Gasteiger partial charge is 0.492 e. The Morgan fingerprint density at radius 1 is 1.43 bits per heavy atom. The minimum absolute atomic E-state index is 0.00496. The third-order valence-corrected chi connectivity index (χ3v) is 4.06. The third kappa shape index (κ3) is 4.69. The number of benzene rings is 1. The predicted octanol–water partition coefficient (Wildman–Crippen LogP) is 1.79. The first-order valence-electron chi connectivity index (χ1n) is 7.09. The van der Waals surface area contributed by atoms with Crippen LogP contribution in [0.4, 0.5) is 0 Å². The molecule has 1 aromatic rings. The van der Waals surface area contributed by atoms with Gasteiger partial charge in [-0.2, -0.15) is 0 Å². The van der Waals surface area contributed by atoms with E-state index < -0.39 is 0 Å². The topological polar surface area (TPSA) is 64.8 Å². The summed E-state index contributed by atoms with van der Waals surface area (Å²) in [5.74, 6) is 0.796. The molecule has 116 valence electrons. The number of carbonyl (C=O) groups is 1. The lowest BCUT2D eigenvalue weighted by atomic mass is 10.2. The Bertz CT molecular complexity index is 466. The molecule has 1 aromatic carbocycles. The van der Waals surface area contributed by atoms with E-state index in [1.165, 1.54) is 0 Å². The van der Waals surface area contributed by atoms with Crippen molar-refractivity contribution in [3.8, 4) is 5.75 Å². The molecule has 1 saturated heterocycles. The van der Waals surface area contributed by atoms with Gasteiger partial charge in [0.2, 0.25) is 0 Å². The van der Waals surface area contributed by atoms with Crippen molar-refractivity contribution in [1.82, 2.24) is 4.90 Å². The molecule has 1 aliphatic heterocycles. The number of nitrogens with zero attached hydrogens (tertiary/aromatic N) is 1. The van der Waals surface area contributed by atoms with Crippen LogP contribution in [0.15, 0.2) is 28.7 Å². The van der Waals surface area contributed by atoms with Gasteiger partial charge in [-0.3, -0.25) is 4.79 Å². The van der Waals surface area contributed by atoms with E-state index in [4.69, 9.17) is 15.2 Å². The summed E-state index contributed by atoms with van der Waals surface area (Å²) in [7, 11) is 1.77. The molecule has 2 unspecified atom stereocenters. The first-order chi connectivity index (χ1) is 10.1. The highest BCUT2D eigenvalue weighted by Gasteiger charge is 2.31. The number of nitrogens with two attached hydrogens (primary N) is 1. The van der Waals surface area contributed by atoms with Crippen LogP contribution in [0.2, 0.25) is 0 Å². The zero-order chi connectivity index (χ0) is 15.2. The van der Waals surface area contributed by atoms with Crippen LogP contribution >= 0.6 is 15.9 Å². The smallest absolute Gasteiger partial charge is 0.251 e. The van der Waals surface area contributed by atoms with E-state index in [-0.39, 0.29) is 18.1 Å². The van der Waals surface area contributed by atoms with E-state index in [2.05, 4.69) is 15.9 Å². The second kappa shape index (κ2) is 7.77. The molecule has 6 heteroatoms. The minimum atomic E-state index is -0.351. The number of likely N-dealkylation sites (N-methyl/N-ethyl adjacent to an activating group) is 1. The highest BCUT2D eigenvalue weighted by Crippen LogP contribution is 2.20. The number of rotatable bonds is 6. The third-order valence-electron chi connectivity index (χ3n) is 3.53. The lowest BCUT2D eigenvalue weighted by molar-refractivity contribution is -0.141.